The van der Waals surface area contributed by atoms with Gasteiger partial charge < -0.3 is 10.3 Å². The van der Waals surface area contributed by atoms with E-state index in [0.717, 1.165) is 22.1 Å². The predicted molar refractivity (Wildman–Crippen MR) is 125 cm³/mol. The molecule has 9 heteroatoms. The number of hydrogen-bond donors (Lipinski definition) is 3. The van der Waals surface area contributed by atoms with Gasteiger partial charge in [-0.15, -0.1) is 0 Å². The molecule has 3 heterocycles. The highest BCUT2D eigenvalue weighted by atomic mass is 35.5. The third kappa shape index (κ3) is 3.12. The average molecular weight is 434 g/mol. The average Bonchev–Trinajstić information content (AvgIpc) is 3.26. The molecule has 6 nitrogen and oxygen atoms in total. The second kappa shape index (κ2) is 7.20. The molecule has 146 valence electrons. The lowest BCUT2D eigenvalue weighted by Gasteiger charge is -2.14. The molecule has 0 spiro atoms. The van der Waals surface area contributed by atoms with E-state index in [4.69, 9.17) is 28.2 Å². The van der Waals surface area contributed by atoms with E-state index >= 15 is 0 Å². The van der Waals surface area contributed by atoms with E-state index in [9.17, 15) is 4.79 Å². The Labute approximate surface area is 181 Å². The summed E-state index contributed by atoms with van der Waals surface area (Å²) in [5.74, 6) is 0.505. The zero-order valence-electron chi connectivity index (χ0n) is 15.8. The van der Waals surface area contributed by atoms with Gasteiger partial charge in [0.15, 0.2) is 0 Å². The molecule has 5 rings (SSSR count). The van der Waals surface area contributed by atoms with Crippen molar-refractivity contribution in [3.8, 4) is 11.3 Å². The van der Waals surface area contributed by atoms with Crippen LogP contribution in [-0.4, -0.2) is 28.0 Å². The van der Waals surface area contributed by atoms with Gasteiger partial charge in [0.05, 0.1) is 32.3 Å². The topological polar surface area (TPSA) is 86.5 Å². The van der Waals surface area contributed by atoms with Gasteiger partial charge in [-0.25, -0.2) is 4.98 Å². The number of fused-ring (bicyclic) bond motifs is 3. The quantitative estimate of drug-likeness (QED) is 0.298. The van der Waals surface area contributed by atoms with Crippen LogP contribution < -0.4 is 16.3 Å². The lowest BCUT2D eigenvalue weighted by molar-refractivity contribution is 1.10. The third-order valence-corrected chi connectivity index (χ3v) is 5.56. The van der Waals surface area contributed by atoms with E-state index < -0.39 is 0 Å². The van der Waals surface area contributed by atoms with Gasteiger partial charge in [-0.3, -0.25) is 9.89 Å². The molecule has 0 radical (unpaired) electrons. The monoisotopic (exact) mass is 433 g/mol. The summed E-state index contributed by atoms with van der Waals surface area (Å²) in [7, 11) is 1.98. The van der Waals surface area contributed by atoms with Crippen LogP contribution in [0.2, 0.25) is 10.0 Å². The van der Waals surface area contributed by atoms with E-state index in [-0.39, 0.29) is 5.56 Å². The van der Waals surface area contributed by atoms with Gasteiger partial charge in [-0.05, 0) is 30.3 Å². The summed E-state index contributed by atoms with van der Waals surface area (Å²) in [4.78, 5) is 20.1. The standard InChI is InChI=1S/C21H14BCl2N5O/c22-11-1-2-17-13(9-11)18-12(3-5-25-21(18)30)20(27-17)28-19-14(23)7-10(8-15(19)24)16-4-6-26-29-16/h1-9H,22H2,(H,25,30)(H,26,29)(H,27,28). The van der Waals surface area contributed by atoms with Gasteiger partial charge >= 0.3 is 0 Å². The molecule has 0 fully saturated rings. The molecule has 0 unspecified atom stereocenters. The Morgan fingerprint density at radius 3 is 2.53 bits per heavy atom. The fourth-order valence-corrected chi connectivity index (χ4v) is 4.13. The van der Waals surface area contributed by atoms with Crippen LogP contribution in [-0.2, 0) is 0 Å². The molecule has 5 aromatic rings. The van der Waals surface area contributed by atoms with Crippen LogP contribution in [0.4, 0.5) is 11.5 Å². The van der Waals surface area contributed by atoms with E-state index in [1.807, 2.05) is 38.2 Å². The third-order valence-electron chi connectivity index (χ3n) is 4.97. The number of benzene rings is 2. The lowest BCUT2D eigenvalue weighted by atomic mass is 9.93. The minimum Gasteiger partial charge on any atom is -0.337 e. The van der Waals surface area contributed by atoms with Crippen LogP contribution in [0.25, 0.3) is 32.9 Å². The number of anilines is 2. The Hall–Kier alpha value is -3.29. The molecule has 3 aromatic heterocycles. The predicted octanol–water partition coefficient (Wildman–Crippen LogP) is 3.78. The summed E-state index contributed by atoms with van der Waals surface area (Å²) in [5.41, 5.74) is 3.71. The van der Waals surface area contributed by atoms with Crippen molar-refractivity contribution in [3.05, 3.63) is 75.3 Å². The van der Waals surface area contributed by atoms with Crippen molar-refractivity contribution in [2.75, 3.05) is 5.32 Å². The zero-order chi connectivity index (χ0) is 20.8. The van der Waals surface area contributed by atoms with Crippen LogP contribution in [0.3, 0.4) is 0 Å². The fraction of sp³-hybridized carbons (Fsp3) is 0. The second-order valence-electron chi connectivity index (χ2n) is 6.99. The van der Waals surface area contributed by atoms with Gasteiger partial charge in [0.25, 0.3) is 5.56 Å². The van der Waals surface area contributed by atoms with E-state index in [2.05, 4.69) is 20.5 Å². The van der Waals surface area contributed by atoms with Crippen molar-refractivity contribution in [3.63, 3.8) is 0 Å². The number of aromatic amines is 2. The number of halogens is 2. The minimum absolute atomic E-state index is 0.180. The molecule has 0 saturated heterocycles. The Morgan fingerprint density at radius 2 is 1.80 bits per heavy atom. The van der Waals surface area contributed by atoms with E-state index in [1.54, 1.807) is 24.5 Å². The summed E-state index contributed by atoms with van der Waals surface area (Å²) in [6.45, 7) is 0. The molecular weight excluding hydrogens is 420 g/mol. The van der Waals surface area contributed by atoms with Crippen LogP contribution in [0.5, 0.6) is 0 Å². The van der Waals surface area contributed by atoms with Crippen molar-refractivity contribution < 1.29 is 0 Å². The molecule has 0 bridgehead atoms. The van der Waals surface area contributed by atoms with Crippen LogP contribution in [0.15, 0.2) is 59.7 Å². The van der Waals surface area contributed by atoms with Crippen molar-refractivity contribution in [1.29, 1.82) is 0 Å². The summed E-state index contributed by atoms with van der Waals surface area (Å²) >= 11 is 13.1. The zero-order valence-corrected chi connectivity index (χ0v) is 17.3. The number of nitrogens with zero attached hydrogens (tertiary/aromatic N) is 2. The Balaban J connectivity index is 1.70. The molecule has 0 aliphatic heterocycles. The highest BCUT2D eigenvalue weighted by molar-refractivity contribution is 6.40. The van der Waals surface area contributed by atoms with Crippen molar-refractivity contribution in [1.82, 2.24) is 20.2 Å². The van der Waals surface area contributed by atoms with Crippen LogP contribution in [0.1, 0.15) is 0 Å². The Kier molecular flexibility index (Phi) is 4.49. The van der Waals surface area contributed by atoms with Gasteiger partial charge in [-0.2, -0.15) is 5.10 Å². The van der Waals surface area contributed by atoms with Gasteiger partial charge in [0, 0.05) is 28.7 Å². The first-order valence-electron chi connectivity index (χ1n) is 9.19. The normalized spacial score (nSPS) is 11.3. The molecular formula is C21H14BCl2N5O. The highest BCUT2D eigenvalue weighted by Crippen LogP contribution is 2.38. The first kappa shape index (κ1) is 18.7. The van der Waals surface area contributed by atoms with Crippen molar-refractivity contribution in [2.24, 2.45) is 0 Å². The van der Waals surface area contributed by atoms with Crippen molar-refractivity contribution in [2.45, 2.75) is 0 Å². The maximum Gasteiger partial charge on any atom is 0.256 e. The maximum atomic E-state index is 12.6. The van der Waals surface area contributed by atoms with E-state index in [0.29, 0.717) is 37.8 Å². The second-order valence-corrected chi connectivity index (χ2v) is 7.80. The lowest BCUT2D eigenvalue weighted by Crippen LogP contribution is -2.10. The van der Waals surface area contributed by atoms with Gasteiger partial charge in [-0.1, -0.05) is 40.8 Å². The maximum absolute atomic E-state index is 12.6. The van der Waals surface area contributed by atoms with Crippen LogP contribution in [0, 0.1) is 0 Å². The smallest absolute Gasteiger partial charge is 0.256 e. The number of hydrogen-bond acceptors (Lipinski definition) is 4. The SMILES string of the molecule is Bc1ccc2nc(Nc3c(Cl)cc(-c4ccn[nH]4)cc3Cl)c3cc[nH]c(=O)c3c2c1. The molecule has 2 aromatic carbocycles. The molecule has 3 N–H and O–H groups in total. The highest BCUT2D eigenvalue weighted by Gasteiger charge is 2.15. The molecule has 0 atom stereocenters. The fourth-order valence-electron chi connectivity index (χ4n) is 3.55. The van der Waals surface area contributed by atoms with Gasteiger partial charge in [0.1, 0.15) is 13.7 Å². The summed E-state index contributed by atoms with van der Waals surface area (Å²) < 4.78 is 0. The number of H-pyrrole nitrogens is 2. The molecule has 30 heavy (non-hydrogen) atoms. The van der Waals surface area contributed by atoms with Crippen LogP contribution >= 0.6 is 23.2 Å². The Bertz CT molecular complexity index is 1460. The molecule has 0 saturated carbocycles. The number of aromatic nitrogens is 4. The summed E-state index contributed by atoms with van der Waals surface area (Å²) in [5, 5.41) is 13.0. The largest absolute Gasteiger partial charge is 0.337 e. The number of rotatable bonds is 3. The molecule has 0 aliphatic carbocycles. The number of pyridine rings is 2. The first-order chi connectivity index (χ1) is 14.5. The van der Waals surface area contributed by atoms with E-state index in [1.165, 1.54) is 0 Å². The molecule has 0 amide bonds. The first-order valence-corrected chi connectivity index (χ1v) is 9.94. The summed E-state index contributed by atoms with van der Waals surface area (Å²) in [6, 6.07) is 13.1. The van der Waals surface area contributed by atoms with Gasteiger partial charge in [0.2, 0.25) is 0 Å². The number of nitrogens with one attached hydrogen (secondary N) is 3. The van der Waals surface area contributed by atoms with Crippen molar-refractivity contribution >= 4 is 69.7 Å². The Morgan fingerprint density at radius 1 is 1.00 bits per heavy atom. The minimum atomic E-state index is -0.180. The molecule has 0 aliphatic rings. The summed E-state index contributed by atoms with van der Waals surface area (Å²) in [6.07, 6.45) is 3.26.